The minimum Gasteiger partial charge on any atom is -0.481 e. The third-order valence-electron chi connectivity index (χ3n) is 2.91. The van der Waals surface area contributed by atoms with Gasteiger partial charge >= 0.3 is 0 Å². The number of benzene rings is 1. The van der Waals surface area contributed by atoms with E-state index >= 15 is 0 Å². The molecule has 1 aliphatic rings. The second kappa shape index (κ2) is 8.44. The number of ether oxygens (including phenoxy) is 1. The molecule has 20 heavy (non-hydrogen) atoms. The van der Waals surface area contributed by atoms with Crippen LogP contribution in [0.15, 0.2) is 22.7 Å². The Kier molecular flexibility index (Phi) is 7.26. The third kappa shape index (κ3) is 5.26. The highest BCUT2D eigenvalue weighted by atomic mass is 79.9. The molecule has 112 valence electrons. The molecule has 1 aromatic carbocycles. The monoisotopic (exact) mass is 366 g/mol. The first-order valence-corrected chi connectivity index (χ1v) is 7.02. The van der Waals surface area contributed by atoms with Crippen molar-refractivity contribution in [1.29, 1.82) is 0 Å². The van der Waals surface area contributed by atoms with Crippen LogP contribution < -0.4 is 15.4 Å². The van der Waals surface area contributed by atoms with E-state index in [0.717, 1.165) is 25.9 Å². The van der Waals surface area contributed by atoms with Gasteiger partial charge in [-0.2, -0.15) is 0 Å². The molecule has 7 heteroatoms. The Bertz CT molecular complexity index is 456. The number of hydrogen-bond donors (Lipinski definition) is 2. The van der Waals surface area contributed by atoms with Gasteiger partial charge in [0.1, 0.15) is 0 Å². The molecule has 1 amide bonds. The molecule has 0 radical (unpaired) electrons. The molecule has 1 aromatic rings. The van der Waals surface area contributed by atoms with Gasteiger partial charge in [-0.3, -0.25) is 4.79 Å². The molecule has 1 fully saturated rings. The molecule has 1 aliphatic heterocycles. The van der Waals surface area contributed by atoms with Gasteiger partial charge in [0.25, 0.3) is 5.91 Å². The van der Waals surface area contributed by atoms with Crippen LogP contribution in [0, 0.1) is 5.82 Å². The largest absolute Gasteiger partial charge is 0.481 e. The van der Waals surface area contributed by atoms with Crippen LogP contribution in [0.25, 0.3) is 0 Å². The van der Waals surface area contributed by atoms with E-state index in [9.17, 15) is 9.18 Å². The minimum atomic E-state index is -0.485. The molecule has 1 heterocycles. The first-order valence-electron chi connectivity index (χ1n) is 6.23. The Morgan fingerprint density at radius 2 is 2.35 bits per heavy atom. The lowest BCUT2D eigenvalue weighted by molar-refractivity contribution is -0.123. The fourth-order valence-electron chi connectivity index (χ4n) is 1.98. The summed E-state index contributed by atoms with van der Waals surface area (Å²) in [4.78, 5) is 11.7. The summed E-state index contributed by atoms with van der Waals surface area (Å²) < 4.78 is 19.3. The van der Waals surface area contributed by atoms with Crippen molar-refractivity contribution in [1.82, 2.24) is 10.6 Å². The Labute approximate surface area is 132 Å². The highest BCUT2D eigenvalue weighted by molar-refractivity contribution is 9.10. The lowest BCUT2D eigenvalue weighted by Gasteiger charge is -2.23. The number of halogens is 3. The summed E-state index contributed by atoms with van der Waals surface area (Å²) >= 11 is 3.16. The smallest absolute Gasteiger partial charge is 0.258 e. The van der Waals surface area contributed by atoms with Gasteiger partial charge in [-0.25, -0.2) is 4.39 Å². The molecular formula is C13H17BrClFN2O2. The van der Waals surface area contributed by atoms with Crippen molar-refractivity contribution in [2.45, 2.75) is 18.9 Å². The SMILES string of the molecule is Cl.O=C(COc1ccc(Br)cc1F)NC1CCCNC1. The van der Waals surface area contributed by atoms with E-state index in [1.165, 1.54) is 12.1 Å². The van der Waals surface area contributed by atoms with E-state index in [1.54, 1.807) is 6.07 Å². The normalized spacial score (nSPS) is 18.0. The predicted octanol–water partition coefficient (Wildman–Crippen LogP) is 2.26. The molecule has 4 nitrogen and oxygen atoms in total. The van der Waals surface area contributed by atoms with E-state index in [1.807, 2.05) is 0 Å². The molecule has 2 rings (SSSR count). The second-order valence-corrected chi connectivity index (χ2v) is 5.39. The molecule has 0 aliphatic carbocycles. The Balaban J connectivity index is 0.00000200. The molecule has 0 bridgehead atoms. The molecule has 2 N–H and O–H groups in total. The van der Waals surface area contributed by atoms with Gasteiger partial charge in [0, 0.05) is 17.1 Å². The van der Waals surface area contributed by atoms with E-state index in [0.29, 0.717) is 4.47 Å². The van der Waals surface area contributed by atoms with Gasteiger partial charge in [0.15, 0.2) is 18.2 Å². The summed E-state index contributed by atoms with van der Waals surface area (Å²) in [6.07, 6.45) is 2.01. The van der Waals surface area contributed by atoms with Gasteiger partial charge in [0.05, 0.1) is 0 Å². The van der Waals surface area contributed by atoms with Crippen LogP contribution in [0.2, 0.25) is 0 Å². The van der Waals surface area contributed by atoms with Crippen LogP contribution in [-0.4, -0.2) is 31.6 Å². The van der Waals surface area contributed by atoms with Crippen LogP contribution >= 0.6 is 28.3 Å². The number of amides is 1. The fourth-order valence-corrected chi connectivity index (χ4v) is 2.31. The summed E-state index contributed by atoms with van der Waals surface area (Å²) in [6, 6.07) is 4.61. The third-order valence-corrected chi connectivity index (χ3v) is 3.41. The second-order valence-electron chi connectivity index (χ2n) is 4.47. The highest BCUT2D eigenvalue weighted by Gasteiger charge is 2.15. The lowest BCUT2D eigenvalue weighted by Crippen LogP contribution is -2.47. The topological polar surface area (TPSA) is 50.4 Å². The van der Waals surface area contributed by atoms with Crippen LogP contribution in [0.4, 0.5) is 4.39 Å². The van der Waals surface area contributed by atoms with Crippen LogP contribution in [0.1, 0.15) is 12.8 Å². The van der Waals surface area contributed by atoms with Gasteiger partial charge in [-0.15, -0.1) is 12.4 Å². The van der Waals surface area contributed by atoms with Crippen molar-refractivity contribution in [2.75, 3.05) is 19.7 Å². The van der Waals surface area contributed by atoms with E-state index in [2.05, 4.69) is 26.6 Å². The van der Waals surface area contributed by atoms with E-state index in [-0.39, 0.29) is 36.7 Å². The van der Waals surface area contributed by atoms with Gasteiger partial charge in [-0.05, 0) is 37.6 Å². The molecule has 0 spiro atoms. The lowest BCUT2D eigenvalue weighted by atomic mass is 10.1. The van der Waals surface area contributed by atoms with Crippen molar-refractivity contribution in [2.24, 2.45) is 0 Å². The van der Waals surface area contributed by atoms with Crippen molar-refractivity contribution < 1.29 is 13.9 Å². The Hall–Kier alpha value is -0.850. The van der Waals surface area contributed by atoms with Crippen molar-refractivity contribution in [3.05, 3.63) is 28.5 Å². The average molecular weight is 368 g/mol. The van der Waals surface area contributed by atoms with Gasteiger partial charge in [0.2, 0.25) is 0 Å². The number of piperidine rings is 1. The van der Waals surface area contributed by atoms with E-state index in [4.69, 9.17) is 4.74 Å². The summed E-state index contributed by atoms with van der Waals surface area (Å²) in [5.74, 6) is -0.627. The average Bonchev–Trinajstić information content (AvgIpc) is 2.39. The molecule has 1 saturated heterocycles. The number of carbonyl (C=O) groups is 1. The zero-order valence-corrected chi connectivity index (χ0v) is 13.2. The predicted molar refractivity (Wildman–Crippen MR) is 80.9 cm³/mol. The Morgan fingerprint density at radius 1 is 1.55 bits per heavy atom. The maximum atomic E-state index is 13.5. The zero-order chi connectivity index (χ0) is 13.7. The summed E-state index contributed by atoms with van der Waals surface area (Å²) in [6.45, 7) is 1.60. The molecule has 0 aromatic heterocycles. The number of rotatable bonds is 4. The maximum absolute atomic E-state index is 13.5. The maximum Gasteiger partial charge on any atom is 0.258 e. The zero-order valence-electron chi connectivity index (χ0n) is 10.8. The van der Waals surface area contributed by atoms with Gasteiger partial charge < -0.3 is 15.4 Å². The number of nitrogens with one attached hydrogen (secondary N) is 2. The first-order chi connectivity index (χ1) is 9.15. The molecular weight excluding hydrogens is 351 g/mol. The van der Waals surface area contributed by atoms with E-state index < -0.39 is 5.82 Å². The van der Waals surface area contributed by atoms with Crippen molar-refractivity contribution >= 4 is 34.2 Å². The fraction of sp³-hybridized carbons (Fsp3) is 0.462. The minimum absolute atomic E-state index is 0. The molecule has 1 unspecified atom stereocenters. The van der Waals surface area contributed by atoms with Gasteiger partial charge in [-0.1, -0.05) is 15.9 Å². The quantitative estimate of drug-likeness (QED) is 0.858. The summed E-state index contributed by atoms with van der Waals surface area (Å²) in [5, 5.41) is 6.07. The molecule has 1 atom stereocenters. The van der Waals surface area contributed by atoms with Crippen molar-refractivity contribution in [3.8, 4) is 5.75 Å². The van der Waals surface area contributed by atoms with Crippen LogP contribution in [0.3, 0.4) is 0 Å². The van der Waals surface area contributed by atoms with Crippen molar-refractivity contribution in [3.63, 3.8) is 0 Å². The van der Waals surface area contributed by atoms with Crippen LogP contribution in [0.5, 0.6) is 5.75 Å². The standard InChI is InChI=1S/C13H16BrFN2O2.ClH/c14-9-3-4-12(11(15)6-9)19-8-13(18)17-10-2-1-5-16-7-10;/h3-4,6,10,16H,1-2,5,7-8H2,(H,17,18);1H. The summed E-state index contributed by atoms with van der Waals surface area (Å²) in [5.41, 5.74) is 0. The number of carbonyl (C=O) groups excluding carboxylic acids is 1. The van der Waals surface area contributed by atoms with Crippen LogP contribution in [-0.2, 0) is 4.79 Å². The Morgan fingerprint density at radius 3 is 3.00 bits per heavy atom. The molecule has 0 saturated carbocycles. The highest BCUT2D eigenvalue weighted by Crippen LogP contribution is 2.21. The number of hydrogen-bond acceptors (Lipinski definition) is 3. The summed E-state index contributed by atoms with van der Waals surface area (Å²) in [7, 11) is 0. The first kappa shape index (κ1) is 17.2.